The van der Waals surface area contributed by atoms with E-state index in [0.717, 1.165) is 53.1 Å². The summed E-state index contributed by atoms with van der Waals surface area (Å²) >= 11 is 0. The standard InChI is InChI=1S/C31H32N2O2/c1-23(2)24-16-18-26(19-17-24)34-21-8-7-20-33-29-14-6-5-13-28(29)32-31(33)22-35-30-15-9-11-25-10-3-4-12-27(25)30/h3-6,9-19,23H,7-8,20-22H2,1-2H3. The van der Waals surface area contributed by atoms with Crippen LogP contribution >= 0.6 is 0 Å². The molecular weight excluding hydrogens is 432 g/mol. The van der Waals surface area contributed by atoms with E-state index in [2.05, 4.69) is 85.1 Å². The van der Waals surface area contributed by atoms with Crippen molar-refractivity contribution in [3.8, 4) is 11.5 Å². The van der Waals surface area contributed by atoms with Gasteiger partial charge in [-0.05, 0) is 60.0 Å². The molecule has 5 aromatic rings. The third kappa shape index (κ3) is 5.32. The zero-order valence-electron chi connectivity index (χ0n) is 20.5. The normalized spacial score (nSPS) is 11.4. The molecule has 1 aromatic heterocycles. The SMILES string of the molecule is CC(C)c1ccc(OCCCCn2c(COc3cccc4ccccc34)nc3ccccc32)cc1. The van der Waals surface area contributed by atoms with Gasteiger partial charge in [-0.3, -0.25) is 0 Å². The van der Waals surface area contributed by atoms with E-state index >= 15 is 0 Å². The van der Waals surface area contributed by atoms with E-state index in [4.69, 9.17) is 14.5 Å². The molecule has 5 rings (SSSR count). The summed E-state index contributed by atoms with van der Waals surface area (Å²) in [6.45, 7) is 6.43. The monoisotopic (exact) mass is 464 g/mol. The molecule has 35 heavy (non-hydrogen) atoms. The van der Waals surface area contributed by atoms with Crippen LogP contribution in [0.1, 0.15) is 44.0 Å². The highest BCUT2D eigenvalue weighted by molar-refractivity contribution is 5.88. The minimum atomic E-state index is 0.432. The quantitative estimate of drug-likeness (QED) is 0.198. The van der Waals surface area contributed by atoms with Gasteiger partial charge >= 0.3 is 0 Å². The lowest BCUT2D eigenvalue weighted by molar-refractivity contribution is 0.287. The summed E-state index contributed by atoms with van der Waals surface area (Å²) in [5.74, 6) is 3.31. The zero-order chi connectivity index (χ0) is 24.0. The first-order valence-corrected chi connectivity index (χ1v) is 12.5. The molecule has 0 aliphatic rings. The van der Waals surface area contributed by atoms with Crippen molar-refractivity contribution in [3.63, 3.8) is 0 Å². The van der Waals surface area contributed by atoms with Crippen LogP contribution in [0, 0.1) is 0 Å². The van der Waals surface area contributed by atoms with Crippen LogP contribution in [0.5, 0.6) is 11.5 Å². The Hall–Kier alpha value is -3.79. The number of hydrogen-bond acceptors (Lipinski definition) is 3. The molecule has 0 atom stereocenters. The fourth-order valence-corrected chi connectivity index (χ4v) is 4.46. The van der Waals surface area contributed by atoms with Crippen molar-refractivity contribution in [1.29, 1.82) is 0 Å². The molecule has 0 radical (unpaired) electrons. The molecule has 0 unspecified atom stereocenters. The molecule has 0 bridgehead atoms. The van der Waals surface area contributed by atoms with Crippen LogP contribution in [0.3, 0.4) is 0 Å². The van der Waals surface area contributed by atoms with E-state index in [0.29, 0.717) is 19.1 Å². The Bertz CT molecular complexity index is 1400. The van der Waals surface area contributed by atoms with Gasteiger partial charge in [0, 0.05) is 11.9 Å². The van der Waals surface area contributed by atoms with Crippen molar-refractivity contribution >= 4 is 21.8 Å². The summed E-state index contributed by atoms with van der Waals surface area (Å²) in [6.07, 6.45) is 1.98. The second-order valence-electron chi connectivity index (χ2n) is 9.21. The van der Waals surface area contributed by atoms with Gasteiger partial charge < -0.3 is 14.0 Å². The van der Waals surface area contributed by atoms with E-state index in [9.17, 15) is 0 Å². The lowest BCUT2D eigenvalue weighted by Crippen LogP contribution is -2.09. The number of aromatic nitrogens is 2. The molecule has 0 fully saturated rings. The highest BCUT2D eigenvalue weighted by Crippen LogP contribution is 2.27. The number of aryl methyl sites for hydroxylation is 1. The highest BCUT2D eigenvalue weighted by Gasteiger charge is 2.12. The molecule has 4 heteroatoms. The van der Waals surface area contributed by atoms with Crippen LogP contribution in [-0.4, -0.2) is 16.2 Å². The fraction of sp³-hybridized carbons (Fsp3) is 0.258. The van der Waals surface area contributed by atoms with Gasteiger partial charge in [0.15, 0.2) is 0 Å². The Morgan fingerprint density at radius 3 is 2.40 bits per heavy atom. The summed E-state index contributed by atoms with van der Waals surface area (Å²) in [6, 6.07) is 31.2. The Morgan fingerprint density at radius 1 is 0.771 bits per heavy atom. The Kier molecular flexibility index (Phi) is 6.99. The van der Waals surface area contributed by atoms with Crippen LogP contribution in [-0.2, 0) is 13.2 Å². The number of rotatable bonds is 10. The molecule has 4 aromatic carbocycles. The van der Waals surface area contributed by atoms with E-state index < -0.39 is 0 Å². The maximum absolute atomic E-state index is 6.28. The average molecular weight is 465 g/mol. The number of benzene rings is 4. The molecule has 0 aliphatic carbocycles. The Labute approximate surface area is 207 Å². The van der Waals surface area contributed by atoms with Gasteiger partial charge in [0.1, 0.15) is 23.9 Å². The predicted octanol–water partition coefficient (Wildman–Crippen LogP) is 7.75. The summed E-state index contributed by atoms with van der Waals surface area (Å²) < 4.78 is 14.5. The number of ether oxygens (including phenoxy) is 2. The van der Waals surface area contributed by atoms with Crippen molar-refractivity contribution in [2.24, 2.45) is 0 Å². The number of fused-ring (bicyclic) bond motifs is 2. The van der Waals surface area contributed by atoms with E-state index in [1.54, 1.807) is 0 Å². The maximum Gasteiger partial charge on any atom is 0.147 e. The lowest BCUT2D eigenvalue weighted by Gasteiger charge is -2.12. The van der Waals surface area contributed by atoms with Crippen LogP contribution in [0.25, 0.3) is 21.8 Å². The molecule has 0 aliphatic heterocycles. The Balaban J connectivity index is 1.23. The summed E-state index contributed by atoms with van der Waals surface area (Å²) in [5, 5.41) is 2.30. The molecular formula is C31H32N2O2. The van der Waals surface area contributed by atoms with Gasteiger partial charge in [0.25, 0.3) is 0 Å². The van der Waals surface area contributed by atoms with Crippen molar-refractivity contribution in [2.75, 3.05) is 6.61 Å². The fourth-order valence-electron chi connectivity index (χ4n) is 4.46. The number of nitrogens with zero attached hydrogens (tertiary/aromatic N) is 2. The zero-order valence-corrected chi connectivity index (χ0v) is 20.5. The van der Waals surface area contributed by atoms with Gasteiger partial charge in [-0.1, -0.05) is 74.5 Å². The Morgan fingerprint density at radius 2 is 1.54 bits per heavy atom. The molecule has 0 amide bonds. The smallest absolute Gasteiger partial charge is 0.147 e. The van der Waals surface area contributed by atoms with Gasteiger partial charge in [-0.2, -0.15) is 0 Å². The van der Waals surface area contributed by atoms with Gasteiger partial charge in [-0.15, -0.1) is 0 Å². The van der Waals surface area contributed by atoms with Gasteiger partial charge in [0.2, 0.25) is 0 Å². The second-order valence-corrected chi connectivity index (χ2v) is 9.21. The average Bonchev–Trinajstić information content (AvgIpc) is 3.25. The van der Waals surface area contributed by atoms with E-state index in [1.807, 2.05) is 24.3 Å². The summed E-state index contributed by atoms with van der Waals surface area (Å²) in [5.41, 5.74) is 3.49. The maximum atomic E-state index is 6.28. The molecule has 0 N–H and O–H groups in total. The minimum absolute atomic E-state index is 0.432. The van der Waals surface area contributed by atoms with Crippen molar-refractivity contribution in [3.05, 3.63) is 102 Å². The predicted molar refractivity (Wildman–Crippen MR) is 143 cm³/mol. The third-order valence-electron chi connectivity index (χ3n) is 6.43. The number of para-hydroxylation sites is 2. The largest absolute Gasteiger partial charge is 0.494 e. The third-order valence-corrected chi connectivity index (χ3v) is 6.43. The first-order valence-electron chi connectivity index (χ1n) is 12.5. The second kappa shape index (κ2) is 10.6. The summed E-state index contributed by atoms with van der Waals surface area (Å²) in [7, 11) is 0. The summed E-state index contributed by atoms with van der Waals surface area (Å²) in [4.78, 5) is 4.88. The molecule has 4 nitrogen and oxygen atoms in total. The van der Waals surface area contributed by atoms with E-state index in [1.165, 1.54) is 10.9 Å². The number of imidazole rings is 1. The van der Waals surface area contributed by atoms with Crippen LogP contribution in [0.15, 0.2) is 91.0 Å². The minimum Gasteiger partial charge on any atom is -0.494 e. The van der Waals surface area contributed by atoms with Crippen LogP contribution in [0.4, 0.5) is 0 Å². The molecule has 1 heterocycles. The van der Waals surface area contributed by atoms with Crippen LogP contribution in [0.2, 0.25) is 0 Å². The molecule has 178 valence electrons. The highest BCUT2D eigenvalue weighted by atomic mass is 16.5. The number of unbranched alkanes of at least 4 members (excludes halogenated alkanes) is 1. The molecule has 0 spiro atoms. The van der Waals surface area contributed by atoms with Gasteiger partial charge in [-0.25, -0.2) is 4.98 Å². The van der Waals surface area contributed by atoms with Crippen molar-refractivity contribution in [2.45, 2.75) is 45.8 Å². The van der Waals surface area contributed by atoms with Gasteiger partial charge in [0.05, 0.1) is 17.6 Å². The van der Waals surface area contributed by atoms with Crippen LogP contribution < -0.4 is 9.47 Å². The molecule has 0 saturated heterocycles. The lowest BCUT2D eigenvalue weighted by atomic mass is 10.0. The first kappa shape index (κ1) is 23.0. The number of hydrogen-bond donors (Lipinski definition) is 0. The van der Waals surface area contributed by atoms with Crippen molar-refractivity contribution < 1.29 is 9.47 Å². The topological polar surface area (TPSA) is 36.3 Å². The molecule has 0 saturated carbocycles. The van der Waals surface area contributed by atoms with Crippen molar-refractivity contribution in [1.82, 2.24) is 9.55 Å². The first-order chi connectivity index (χ1) is 17.2. The van der Waals surface area contributed by atoms with E-state index in [-0.39, 0.29) is 0 Å².